The first-order valence-electron chi connectivity index (χ1n) is 8.48. The van der Waals surface area contributed by atoms with Gasteiger partial charge in [0.15, 0.2) is 9.84 Å². The van der Waals surface area contributed by atoms with Gasteiger partial charge in [-0.15, -0.1) is 0 Å². The fraction of sp³-hybridized carbons (Fsp3) is 0.529. The van der Waals surface area contributed by atoms with E-state index in [-0.39, 0.29) is 54.2 Å². The molecule has 3 rings (SSSR count). The Morgan fingerprint density at radius 1 is 1.31 bits per heavy atom. The van der Waals surface area contributed by atoms with Crippen LogP contribution in [-0.2, 0) is 19.4 Å². The van der Waals surface area contributed by atoms with Crippen molar-refractivity contribution < 1.29 is 22.4 Å². The average Bonchev–Trinajstić information content (AvgIpc) is 3.25. The zero-order valence-electron chi connectivity index (χ0n) is 14.0. The molecule has 1 aliphatic heterocycles. The highest BCUT2D eigenvalue weighted by Crippen LogP contribution is 2.50. The van der Waals surface area contributed by atoms with Crippen molar-refractivity contribution in [1.29, 1.82) is 0 Å². The highest BCUT2D eigenvalue weighted by molar-refractivity contribution is 7.91. The van der Waals surface area contributed by atoms with Gasteiger partial charge in [-0.3, -0.25) is 9.59 Å². The van der Waals surface area contributed by atoms with E-state index in [4.69, 9.17) is 11.6 Å². The van der Waals surface area contributed by atoms with Crippen LogP contribution >= 0.6 is 11.6 Å². The van der Waals surface area contributed by atoms with Crippen LogP contribution in [0.25, 0.3) is 0 Å². The normalized spacial score (nSPS) is 26.3. The zero-order chi connectivity index (χ0) is 18.9. The Labute approximate surface area is 156 Å². The van der Waals surface area contributed by atoms with E-state index in [0.29, 0.717) is 23.4 Å². The molecule has 2 fully saturated rings. The minimum absolute atomic E-state index is 0.0295. The molecule has 0 aromatic heterocycles. The second-order valence-corrected chi connectivity index (χ2v) is 9.43. The van der Waals surface area contributed by atoms with E-state index >= 15 is 0 Å². The summed E-state index contributed by atoms with van der Waals surface area (Å²) in [5.74, 6) is -1.45. The molecule has 0 unspecified atom stereocenters. The lowest BCUT2D eigenvalue weighted by Crippen LogP contribution is -2.38. The molecule has 2 N–H and O–H groups in total. The second kappa shape index (κ2) is 7.52. The quantitative estimate of drug-likeness (QED) is 0.752. The van der Waals surface area contributed by atoms with Crippen molar-refractivity contribution in [1.82, 2.24) is 10.6 Å². The van der Waals surface area contributed by atoms with Gasteiger partial charge >= 0.3 is 0 Å². The van der Waals surface area contributed by atoms with Crippen LogP contribution in [0.2, 0.25) is 5.02 Å². The van der Waals surface area contributed by atoms with E-state index in [2.05, 4.69) is 10.6 Å². The summed E-state index contributed by atoms with van der Waals surface area (Å²) in [5, 5.41) is 5.65. The van der Waals surface area contributed by atoms with Crippen molar-refractivity contribution in [2.75, 3.05) is 18.1 Å². The average molecular weight is 403 g/mol. The van der Waals surface area contributed by atoms with Gasteiger partial charge in [0.05, 0.1) is 11.5 Å². The van der Waals surface area contributed by atoms with Crippen LogP contribution in [0, 0.1) is 11.7 Å². The Bertz CT molecular complexity index is 810. The molecule has 1 saturated carbocycles. The molecule has 26 heavy (non-hydrogen) atoms. The predicted molar refractivity (Wildman–Crippen MR) is 95.1 cm³/mol. The lowest BCUT2D eigenvalue weighted by molar-refractivity contribution is -0.123. The maximum absolute atomic E-state index is 13.9. The molecule has 0 spiro atoms. The third-order valence-corrected chi connectivity index (χ3v) is 6.84. The van der Waals surface area contributed by atoms with Crippen molar-refractivity contribution in [3.63, 3.8) is 0 Å². The van der Waals surface area contributed by atoms with Crippen LogP contribution < -0.4 is 10.6 Å². The molecule has 1 aromatic rings. The fourth-order valence-electron chi connectivity index (χ4n) is 3.31. The van der Waals surface area contributed by atoms with Crippen LogP contribution in [0.3, 0.4) is 0 Å². The molecular formula is C17H20ClFN2O4S. The predicted octanol–water partition coefficient (Wildman–Crippen LogP) is 1.39. The molecule has 0 bridgehead atoms. The number of carbonyl (C=O) groups is 2. The summed E-state index contributed by atoms with van der Waals surface area (Å²) >= 11 is 6.01. The monoisotopic (exact) mass is 402 g/mol. The van der Waals surface area contributed by atoms with E-state index in [1.54, 1.807) is 6.07 Å². The van der Waals surface area contributed by atoms with Crippen molar-refractivity contribution in [3.8, 4) is 0 Å². The van der Waals surface area contributed by atoms with Gasteiger partial charge in [-0.2, -0.15) is 0 Å². The third kappa shape index (κ3) is 4.54. The van der Waals surface area contributed by atoms with Gasteiger partial charge in [0.1, 0.15) is 5.82 Å². The van der Waals surface area contributed by atoms with Gasteiger partial charge in [0, 0.05) is 41.4 Å². The smallest absolute Gasteiger partial charge is 0.223 e. The summed E-state index contributed by atoms with van der Waals surface area (Å²) in [6, 6.07) is 4.09. The van der Waals surface area contributed by atoms with E-state index in [1.807, 2.05) is 0 Å². The minimum atomic E-state index is -3.04. The molecule has 2 amide bonds. The summed E-state index contributed by atoms with van der Waals surface area (Å²) in [5.41, 5.74) is 0.370. The van der Waals surface area contributed by atoms with Crippen molar-refractivity contribution >= 4 is 33.3 Å². The zero-order valence-corrected chi connectivity index (χ0v) is 15.6. The van der Waals surface area contributed by atoms with Crippen molar-refractivity contribution in [2.24, 2.45) is 5.92 Å². The van der Waals surface area contributed by atoms with Crippen molar-refractivity contribution in [3.05, 3.63) is 34.6 Å². The lowest BCUT2D eigenvalue weighted by Gasteiger charge is -2.11. The molecule has 1 aromatic carbocycles. The van der Waals surface area contributed by atoms with Crippen LogP contribution in [0.4, 0.5) is 4.39 Å². The van der Waals surface area contributed by atoms with Crippen LogP contribution in [0.1, 0.15) is 30.7 Å². The van der Waals surface area contributed by atoms with E-state index < -0.39 is 15.7 Å². The molecule has 6 nitrogen and oxygen atoms in total. The Kier molecular flexibility index (Phi) is 5.53. The van der Waals surface area contributed by atoms with Gasteiger partial charge in [0.2, 0.25) is 11.8 Å². The Morgan fingerprint density at radius 3 is 2.73 bits per heavy atom. The minimum Gasteiger partial charge on any atom is -0.355 e. The second-order valence-electron chi connectivity index (χ2n) is 6.79. The Balaban J connectivity index is 1.41. The maximum atomic E-state index is 13.9. The molecule has 142 valence electrons. The first-order valence-corrected chi connectivity index (χ1v) is 10.7. The molecule has 9 heteroatoms. The highest BCUT2D eigenvalue weighted by atomic mass is 35.5. The maximum Gasteiger partial charge on any atom is 0.223 e. The highest BCUT2D eigenvalue weighted by Gasteiger charge is 2.46. The van der Waals surface area contributed by atoms with Crippen LogP contribution in [0.5, 0.6) is 0 Å². The van der Waals surface area contributed by atoms with Crippen molar-refractivity contribution in [2.45, 2.75) is 31.2 Å². The number of amides is 2. The van der Waals surface area contributed by atoms with Gasteiger partial charge in [-0.1, -0.05) is 17.7 Å². The van der Waals surface area contributed by atoms with E-state index in [0.717, 1.165) is 0 Å². The SMILES string of the molecule is O=C(CCNC(=O)[C@@H]1C[C@H]1c1c(F)cccc1Cl)N[C@@H]1CCS(=O)(=O)C1. The summed E-state index contributed by atoms with van der Waals surface area (Å²) in [6.45, 7) is 0.151. The number of nitrogens with one attached hydrogen (secondary N) is 2. The number of hydrogen-bond donors (Lipinski definition) is 2. The number of halogens is 2. The number of carbonyl (C=O) groups excluding carboxylic acids is 2. The molecule has 2 aliphatic rings. The molecule has 1 aliphatic carbocycles. The first-order chi connectivity index (χ1) is 12.3. The molecule has 3 atom stereocenters. The summed E-state index contributed by atoms with van der Waals surface area (Å²) in [6.07, 6.45) is 1.02. The number of hydrogen-bond acceptors (Lipinski definition) is 4. The molecule has 0 radical (unpaired) electrons. The largest absolute Gasteiger partial charge is 0.355 e. The van der Waals surface area contributed by atoms with Gasteiger partial charge < -0.3 is 10.6 Å². The fourth-order valence-corrected chi connectivity index (χ4v) is 5.28. The molecule has 1 saturated heterocycles. The van der Waals surface area contributed by atoms with E-state index in [9.17, 15) is 22.4 Å². The number of benzene rings is 1. The van der Waals surface area contributed by atoms with Crippen LogP contribution in [0.15, 0.2) is 18.2 Å². The third-order valence-electron chi connectivity index (χ3n) is 4.75. The number of rotatable bonds is 6. The van der Waals surface area contributed by atoms with Crippen LogP contribution in [-0.4, -0.2) is 44.3 Å². The first kappa shape index (κ1) is 19.1. The Hall–Kier alpha value is -1.67. The summed E-state index contributed by atoms with van der Waals surface area (Å²) in [7, 11) is -3.04. The standard InChI is InChI=1S/C17H20ClFN2O4S/c18-13-2-1-3-14(19)16(13)11-8-12(11)17(23)20-6-4-15(22)21-10-5-7-26(24,25)9-10/h1-3,10-12H,4-9H2,(H,20,23)(H,21,22)/t10-,11-,12-/m1/s1. The summed E-state index contributed by atoms with van der Waals surface area (Å²) in [4.78, 5) is 24.0. The van der Waals surface area contributed by atoms with Gasteiger partial charge in [-0.25, -0.2) is 12.8 Å². The number of sulfone groups is 1. The van der Waals surface area contributed by atoms with Gasteiger partial charge in [0.25, 0.3) is 0 Å². The molecule has 1 heterocycles. The molecular weight excluding hydrogens is 383 g/mol. The Morgan fingerprint density at radius 2 is 2.08 bits per heavy atom. The topological polar surface area (TPSA) is 92.3 Å². The van der Waals surface area contributed by atoms with Gasteiger partial charge in [-0.05, 0) is 25.0 Å². The van der Waals surface area contributed by atoms with E-state index in [1.165, 1.54) is 12.1 Å². The lowest BCUT2D eigenvalue weighted by atomic mass is 10.1. The summed E-state index contributed by atoms with van der Waals surface area (Å²) < 4.78 is 36.6.